The molecule has 1 saturated carbocycles. The van der Waals surface area contributed by atoms with Crippen LogP contribution in [-0.4, -0.2) is 49.4 Å². The van der Waals surface area contributed by atoms with E-state index in [2.05, 4.69) is 10.6 Å². The van der Waals surface area contributed by atoms with Crippen LogP contribution in [0.3, 0.4) is 0 Å². The van der Waals surface area contributed by atoms with Gasteiger partial charge in [-0.2, -0.15) is 0 Å². The van der Waals surface area contributed by atoms with Crippen molar-refractivity contribution in [1.82, 2.24) is 15.5 Å². The Kier molecular flexibility index (Phi) is 4.08. The van der Waals surface area contributed by atoms with Gasteiger partial charge in [0, 0.05) is 20.1 Å². The molecule has 0 aromatic heterocycles. The molecular weight excluding hydrogens is 194 g/mol. The molecule has 0 bridgehead atoms. The van der Waals surface area contributed by atoms with Gasteiger partial charge in [0.2, 0.25) is 11.8 Å². The zero-order chi connectivity index (χ0) is 11.4. The smallest absolute Gasteiger partial charge is 0.238 e. The molecular formula is C10H19N3O2. The number of likely N-dealkylation sites (N-methyl/N-ethyl adjacent to an activating group) is 1. The van der Waals surface area contributed by atoms with Gasteiger partial charge < -0.3 is 10.2 Å². The predicted molar refractivity (Wildman–Crippen MR) is 57.3 cm³/mol. The molecule has 0 aromatic carbocycles. The quantitative estimate of drug-likeness (QED) is 0.637. The zero-order valence-corrected chi connectivity index (χ0v) is 9.54. The first-order valence-electron chi connectivity index (χ1n) is 5.24. The average Bonchev–Trinajstić information content (AvgIpc) is 2.96. The maximum atomic E-state index is 11.4. The molecule has 0 radical (unpaired) electrons. The molecule has 1 fully saturated rings. The van der Waals surface area contributed by atoms with Crippen LogP contribution in [0.15, 0.2) is 0 Å². The van der Waals surface area contributed by atoms with Gasteiger partial charge in [0.05, 0.1) is 12.6 Å². The lowest BCUT2D eigenvalue weighted by Gasteiger charge is -2.17. The van der Waals surface area contributed by atoms with E-state index in [1.807, 2.05) is 0 Å². The summed E-state index contributed by atoms with van der Waals surface area (Å²) in [4.78, 5) is 24.2. The summed E-state index contributed by atoms with van der Waals surface area (Å²) in [7, 11) is 3.40. The van der Waals surface area contributed by atoms with E-state index in [9.17, 15) is 9.59 Å². The first-order chi connectivity index (χ1) is 7.00. The monoisotopic (exact) mass is 213 g/mol. The summed E-state index contributed by atoms with van der Waals surface area (Å²) in [5.74, 6) is -0.0508. The lowest BCUT2D eigenvalue weighted by molar-refractivity contribution is -0.130. The van der Waals surface area contributed by atoms with E-state index >= 15 is 0 Å². The van der Waals surface area contributed by atoms with E-state index in [1.54, 1.807) is 21.0 Å². The first-order valence-corrected chi connectivity index (χ1v) is 5.24. The van der Waals surface area contributed by atoms with E-state index in [0.717, 1.165) is 12.8 Å². The molecule has 1 atom stereocenters. The van der Waals surface area contributed by atoms with Gasteiger partial charge in [-0.25, -0.2) is 0 Å². The number of amides is 2. The van der Waals surface area contributed by atoms with E-state index < -0.39 is 0 Å². The second-order valence-corrected chi connectivity index (χ2v) is 4.18. The number of carbonyl (C=O) groups is 2. The molecule has 0 aromatic rings. The third kappa shape index (κ3) is 4.29. The number of hydrogen-bond donors (Lipinski definition) is 2. The highest BCUT2D eigenvalue weighted by Gasteiger charge is 2.23. The molecule has 1 rings (SSSR count). The predicted octanol–water partition coefficient (Wildman–Crippen LogP) is -0.669. The molecule has 0 spiro atoms. The standard InChI is InChI=1S/C10H19N3O2/c1-7(10(15)13(2)3)11-6-9(14)12-8-4-5-8/h7-8,11H,4-6H2,1-3H3,(H,12,14). The average molecular weight is 213 g/mol. The fourth-order valence-electron chi connectivity index (χ4n) is 1.23. The summed E-state index contributed by atoms with van der Waals surface area (Å²) in [6.45, 7) is 1.96. The highest BCUT2D eigenvalue weighted by Crippen LogP contribution is 2.18. The Hall–Kier alpha value is -1.10. The van der Waals surface area contributed by atoms with Gasteiger partial charge in [-0.1, -0.05) is 0 Å². The fourth-order valence-corrected chi connectivity index (χ4v) is 1.23. The third-order valence-electron chi connectivity index (χ3n) is 2.32. The zero-order valence-electron chi connectivity index (χ0n) is 9.54. The minimum atomic E-state index is -0.315. The molecule has 0 aliphatic heterocycles. The molecule has 15 heavy (non-hydrogen) atoms. The van der Waals surface area contributed by atoms with Crippen molar-refractivity contribution in [2.45, 2.75) is 31.8 Å². The summed E-state index contributed by atoms with van der Waals surface area (Å²) >= 11 is 0. The number of rotatable bonds is 5. The Morgan fingerprint density at radius 2 is 2.00 bits per heavy atom. The Balaban J connectivity index is 2.17. The Morgan fingerprint density at radius 3 is 2.47 bits per heavy atom. The van der Waals surface area contributed by atoms with Crippen LogP contribution in [0.5, 0.6) is 0 Å². The van der Waals surface area contributed by atoms with Crippen molar-refractivity contribution in [3.63, 3.8) is 0 Å². The van der Waals surface area contributed by atoms with Crippen LogP contribution in [-0.2, 0) is 9.59 Å². The summed E-state index contributed by atoms with van der Waals surface area (Å²) in [6, 6.07) is 0.0594. The summed E-state index contributed by atoms with van der Waals surface area (Å²) in [6.07, 6.45) is 2.16. The number of nitrogens with zero attached hydrogens (tertiary/aromatic N) is 1. The molecule has 0 saturated heterocycles. The van der Waals surface area contributed by atoms with Crippen LogP contribution in [0.25, 0.3) is 0 Å². The van der Waals surface area contributed by atoms with Crippen LogP contribution in [0, 0.1) is 0 Å². The number of hydrogen-bond acceptors (Lipinski definition) is 3. The van der Waals surface area contributed by atoms with Crippen molar-refractivity contribution in [3.05, 3.63) is 0 Å². The summed E-state index contributed by atoms with van der Waals surface area (Å²) in [5, 5.41) is 5.74. The van der Waals surface area contributed by atoms with Crippen LogP contribution >= 0.6 is 0 Å². The van der Waals surface area contributed by atoms with Gasteiger partial charge in [0.15, 0.2) is 0 Å². The molecule has 2 amide bonds. The largest absolute Gasteiger partial charge is 0.352 e. The number of carbonyl (C=O) groups excluding carboxylic acids is 2. The van der Waals surface area contributed by atoms with Gasteiger partial charge in [-0.15, -0.1) is 0 Å². The van der Waals surface area contributed by atoms with Crippen LogP contribution < -0.4 is 10.6 Å². The van der Waals surface area contributed by atoms with Crippen molar-refractivity contribution in [3.8, 4) is 0 Å². The highest BCUT2D eigenvalue weighted by molar-refractivity contribution is 5.83. The van der Waals surface area contributed by atoms with Crippen molar-refractivity contribution in [1.29, 1.82) is 0 Å². The Morgan fingerprint density at radius 1 is 1.40 bits per heavy atom. The molecule has 5 nitrogen and oxygen atoms in total. The van der Waals surface area contributed by atoms with Crippen molar-refractivity contribution in [2.75, 3.05) is 20.6 Å². The molecule has 86 valence electrons. The van der Waals surface area contributed by atoms with E-state index in [4.69, 9.17) is 0 Å². The molecule has 5 heteroatoms. The lowest BCUT2D eigenvalue weighted by Crippen LogP contribution is -2.45. The van der Waals surface area contributed by atoms with Gasteiger partial charge in [0.25, 0.3) is 0 Å². The summed E-state index contributed by atoms with van der Waals surface area (Å²) in [5.41, 5.74) is 0. The van der Waals surface area contributed by atoms with E-state index in [-0.39, 0.29) is 24.4 Å². The molecule has 1 aliphatic rings. The Bertz CT molecular complexity index is 249. The second-order valence-electron chi connectivity index (χ2n) is 4.18. The van der Waals surface area contributed by atoms with Crippen LogP contribution in [0.2, 0.25) is 0 Å². The van der Waals surface area contributed by atoms with Crippen molar-refractivity contribution >= 4 is 11.8 Å². The maximum Gasteiger partial charge on any atom is 0.238 e. The molecule has 1 unspecified atom stereocenters. The topological polar surface area (TPSA) is 61.4 Å². The lowest BCUT2D eigenvalue weighted by atomic mass is 10.3. The van der Waals surface area contributed by atoms with Crippen LogP contribution in [0.4, 0.5) is 0 Å². The summed E-state index contributed by atoms with van der Waals surface area (Å²) < 4.78 is 0. The molecule has 2 N–H and O–H groups in total. The van der Waals surface area contributed by atoms with Gasteiger partial charge in [-0.05, 0) is 19.8 Å². The van der Waals surface area contributed by atoms with E-state index in [1.165, 1.54) is 4.90 Å². The van der Waals surface area contributed by atoms with E-state index in [0.29, 0.717) is 6.04 Å². The third-order valence-corrected chi connectivity index (χ3v) is 2.32. The van der Waals surface area contributed by atoms with Gasteiger partial charge in [-0.3, -0.25) is 14.9 Å². The fraction of sp³-hybridized carbons (Fsp3) is 0.800. The minimum absolute atomic E-state index is 0.0192. The van der Waals surface area contributed by atoms with Gasteiger partial charge >= 0.3 is 0 Å². The van der Waals surface area contributed by atoms with Crippen molar-refractivity contribution in [2.24, 2.45) is 0 Å². The SMILES string of the molecule is CC(NCC(=O)NC1CC1)C(=O)N(C)C. The molecule has 1 aliphatic carbocycles. The maximum absolute atomic E-state index is 11.4. The van der Waals surface area contributed by atoms with Gasteiger partial charge in [0.1, 0.15) is 0 Å². The van der Waals surface area contributed by atoms with Crippen molar-refractivity contribution < 1.29 is 9.59 Å². The highest BCUT2D eigenvalue weighted by atomic mass is 16.2. The normalized spacial score (nSPS) is 17.0. The van der Waals surface area contributed by atoms with Crippen LogP contribution in [0.1, 0.15) is 19.8 Å². The number of nitrogens with one attached hydrogen (secondary N) is 2. The first kappa shape index (κ1) is 12.0. The minimum Gasteiger partial charge on any atom is -0.352 e. The Labute approximate surface area is 90.2 Å². The second kappa shape index (κ2) is 5.11. The molecule has 0 heterocycles.